The lowest BCUT2D eigenvalue weighted by Gasteiger charge is -2.16. The second-order valence-corrected chi connectivity index (χ2v) is 6.47. The molecule has 0 radical (unpaired) electrons. The Morgan fingerprint density at radius 2 is 1.78 bits per heavy atom. The number of hydrogen-bond acceptors (Lipinski definition) is 5. The molecule has 27 heavy (non-hydrogen) atoms. The summed E-state index contributed by atoms with van der Waals surface area (Å²) in [6.07, 6.45) is 0. The number of nitro benzene ring substituents is 1. The largest absolute Gasteiger partial charge is 0.324 e. The summed E-state index contributed by atoms with van der Waals surface area (Å²) in [5.41, 5.74) is 1.26. The maximum absolute atomic E-state index is 12.4. The predicted octanol–water partition coefficient (Wildman–Crippen LogP) is 2.95. The van der Waals surface area contributed by atoms with Gasteiger partial charge in [0.25, 0.3) is 17.5 Å². The molecule has 1 heterocycles. The normalized spacial score (nSPS) is 13.1. The van der Waals surface area contributed by atoms with Crippen molar-refractivity contribution in [3.05, 3.63) is 69.3 Å². The average molecular weight is 367 g/mol. The fourth-order valence-electron chi connectivity index (χ4n) is 2.98. The van der Waals surface area contributed by atoms with E-state index >= 15 is 0 Å². The van der Waals surface area contributed by atoms with Crippen molar-refractivity contribution < 1.29 is 19.3 Å². The van der Waals surface area contributed by atoms with Crippen LogP contribution in [-0.4, -0.2) is 34.1 Å². The molecule has 1 N–H and O–H groups in total. The van der Waals surface area contributed by atoms with Crippen LogP contribution in [0.4, 0.5) is 11.4 Å². The van der Waals surface area contributed by atoms with Crippen molar-refractivity contribution in [2.45, 2.75) is 19.8 Å². The third-order valence-electron chi connectivity index (χ3n) is 4.32. The van der Waals surface area contributed by atoms with Gasteiger partial charge in [-0.25, -0.2) is 0 Å². The molecule has 0 saturated carbocycles. The van der Waals surface area contributed by atoms with Gasteiger partial charge in [-0.3, -0.25) is 29.4 Å². The van der Waals surface area contributed by atoms with Gasteiger partial charge in [0, 0.05) is 17.8 Å². The van der Waals surface area contributed by atoms with Crippen LogP contribution in [0.15, 0.2) is 42.5 Å². The first-order valence-corrected chi connectivity index (χ1v) is 8.33. The number of fused-ring (bicyclic) bond motifs is 1. The fraction of sp³-hybridized carbons (Fsp3) is 0.211. The Morgan fingerprint density at radius 1 is 1.11 bits per heavy atom. The molecule has 138 valence electrons. The Kier molecular flexibility index (Phi) is 4.72. The van der Waals surface area contributed by atoms with Crippen molar-refractivity contribution in [1.29, 1.82) is 0 Å². The standard InChI is InChI=1S/C19H17N3O5/c1-11(2)13-5-3-4-6-16(13)20-17(23)10-21-18(24)14-8-7-12(22(26)27)9-15(14)19(21)25/h3-9,11H,10H2,1-2H3,(H,20,23). The number of imide groups is 1. The van der Waals surface area contributed by atoms with Crippen LogP contribution in [0.3, 0.4) is 0 Å². The monoisotopic (exact) mass is 367 g/mol. The second-order valence-electron chi connectivity index (χ2n) is 6.47. The van der Waals surface area contributed by atoms with Crippen LogP contribution in [0.2, 0.25) is 0 Å². The zero-order valence-corrected chi connectivity index (χ0v) is 14.8. The molecule has 2 aromatic rings. The van der Waals surface area contributed by atoms with E-state index in [-0.39, 0.29) is 22.7 Å². The highest BCUT2D eigenvalue weighted by atomic mass is 16.6. The summed E-state index contributed by atoms with van der Waals surface area (Å²) in [7, 11) is 0. The molecule has 0 spiro atoms. The topological polar surface area (TPSA) is 110 Å². The third-order valence-corrected chi connectivity index (χ3v) is 4.32. The minimum absolute atomic E-state index is 0.0565. The van der Waals surface area contributed by atoms with E-state index in [4.69, 9.17) is 0 Å². The number of nitrogens with zero attached hydrogens (tertiary/aromatic N) is 2. The van der Waals surface area contributed by atoms with Crippen LogP contribution < -0.4 is 5.32 Å². The number of nitro groups is 1. The number of rotatable bonds is 5. The van der Waals surface area contributed by atoms with Crippen molar-refractivity contribution >= 4 is 29.1 Å². The number of carbonyl (C=O) groups excluding carboxylic acids is 3. The van der Waals surface area contributed by atoms with Crippen molar-refractivity contribution in [1.82, 2.24) is 4.90 Å². The molecule has 3 rings (SSSR count). The van der Waals surface area contributed by atoms with Gasteiger partial charge in [-0.2, -0.15) is 0 Å². The van der Waals surface area contributed by atoms with Gasteiger partial charge in [0.1, 0.15) is 6.54 Å². The Balaban J connectivity index is 1.78. The molecular weight excluding hydrogens is 350 g/mol. The predicted molar refractivity (Wildman–Crippen MR) is 97.6 cm³/mol. The highest BCUT2D eigenvalue weighted by molar-refractivity contribution is 6.23. The van der Waals surface area contributed by atoms with Gasteiger partial charge in [0.05, 0.1) is 16.1 Å². The molecule has 8 nitrogen and oxygen atoms in total. The zero-order valence-electron chi connectivity index (χ0n) is 14.8. The molecule has 0 atom stereocenters. The zero-order chi connectivity index (χ0) is 19.7. The molecule has 1 aliphatic rings. The van der Waals surface area contributed by atoms with Crippen LogP contribution >= 0.6 is 0 Å². The van der Waals surface area contributed by atoms with E-state index in [0.29, 0.717) is 5.69 Å². The van der Waals surface area contributed by atoms with Gasteiger partial charge in [-0.1, -0.05) is 32.0 Å². The van der Waals surface area contributed by atoms with E-state index in [9.17, 15) is 24.5 Å². The minimum Gasteiger partial charge on any atom is -0.324 e. The molecule has 0 fully saturated rings. The second kappa shape index (κ2) is 6.99. The van der Waals surface area contributed by atoms with Crippen molar-refractivity contribution in [3.8, 4) is 0 Å². The molecule has 0 unspecified atom stereocenters. The minimum atomic E-state index is -0.717. The summed E-state index contributed by atoms with van der Waals surface area (Å²) in [5, 5.41) is 13.6. The molecule has 1 aliphatic heterocycles. The van der Waals surface area contributed by atoms with Gasteiger partial charge in [-0.05, 0) is 23.6 Å². The number of nitrogens with one attached hydrogen (secondary N) is 1. The Morgan fingerprint density at radius 3 is 2.44 bits per heavy atom. The molecule has 0 aliphatic carbocycles. The summed E-state index contributed by atoms with van der Waals surface area (Å²) in [6, 6.07) is 10.7. The number of para-hydroxylation sites is 1. The molecule has 8 heteroatoms. The molecule has 3 amide bonds. The maximum Gasteiger partial charge on any atom is 0.270 e. The lowest BCUT2D eigenvalue weighted by Crippen LogP contribution is -2.37. The molecule has 0 bridgehead atoms. The highest BCUT2D eigenvalue weighted by Gasteiger charge is 2.37. The van der Waals surface area contributed by atoms with Crippen LogP contribution in [-0.2, 0) is 4.79 Å². The summed E-state index contributed by atoms with van der Waals surface area (Å²) in [6.45, 7) is 3.51. The third kappa shape index (κ3) is 3.41. The number of anilines is 1. The van der Waals surface area contributed by atoms with E-state index in [0.717, 1.165) is 22.6 Å². The summed E-state index contributed by atoms with van der Waals surface area (Å²) < 4.78 is 0. The van der Waals surface area contributed by atoms with Crippen LogP contribution in [0, 0.1) is 10.1 Å². The number of non-ortho nitro benzene ring substituents is 1. The SMILES string of the molecule is CC(C)c1ccccc1NC(=O)CN1C(=O)c2ccc([N+](=O)[O-])cc2C1=O. The summed E-state index contributed by atoms with van der Waals surface area (Å²) >= 11 is 0. The van der Waals surface area contributed by atoms with Crippen LogP contribution in [0.1, 0.15) is 46.0 Å². The molecule has 2 aromatic carbocycles. The number of amides is 3. The van der Waals surface area contributed by atoms with Gasteiger partial charge in [-0.15, -0.1) is 0 Å². The first-order chi connectivity index (χ1) is 12.8. The molecule has 0 saturated heterocycles. The van der Waals surface area contributed by atoms with Crippen LogP contribution in [0.25, 0.3) is 0 Å². The maximum atomic E-state index is 12.4. The Bertz CT molecular complexity index is 968. The smallest absolute Gasteiger partial charge is 0.270 e. The summed E-state index contributed by atoms with van der Waals surface area (Å²) in [5.74, 6) is -1.70. The van der Waals surface area contributed by atoms with E-state index in [2.05, 4.69) is 5.32 Å². The van der Waals surface area contributed by atoms with Gasteiger partial charge >= 0.3 is 0 Å². The van der Waals surface area contributed by atoms with E-state index in [1.165, 1.54) is 6.07 Å². The van der Waals surface area contributed by atoms with E-state index in [1.807, 2.05) is 26.0 Å². The van der Waals surface area contributed by atoms with Crippen molar-refractivity contribution in [2.24, 2.45) is 0 Å². The Labute approximate surface area is 154 Å². The van der Waals surface area contributed by atoms with Gasteiger partial charge in [0.2, 0.25) is 5.91 Å². The van der Waals surface area contributed by atoms with E-state index in [1.54, 1.807) is 12.1 Å². The highest BCUT2D eigenvalue weighted by Crippen LogP contribution is 2.27. The first-order valence-electron chi connectivity index (χ1n) is 8.33. The van der Waals surface area contributed by atoms with Gasteiger partial charge < -0.3 is 5.32 Å². The van der Waals surface area contributed by atoms with Crippen molar-refractivity contribution in [3.63, 3.8) is 0 Å². The fourth-order valence-corrected chi connectivity index (χ4v) is 2.98. The van der Waals surface area contributed by atoms with Crippen molar-refractivity contribution in [2.75, 3.05) is 11.9 Å². The first kappa shape index (κ1) is 18.2. The Hall–Kier alpha value is -3.55. The van der Waals surface area contributed by atoms with Crippen LogP contribution in [0.5, 0.6) is 0 Å². The molecular formula is C19H17N3O5. The van der Waals surface area contributed by atoms with E-state index < -0.39 is 29.2 Å². The summed E-state index contributed by atoms with van der Waals surface area (Å²) in [4.78, 5) is 48.3. The lowest BCUT2D eigenvalue weighted by atomic mass is 10.0. The number of benzene rings is 2. The number of hydrogen-bond donors (Lipinski definition) is 1. The average Bonchev–Trinajstić information content (AvgIpc) is 2.86. The number of carbonyl (C=O) groups is 3. The molecule has 0 aromatic heterocycles. The lowest BCUT2D eigenvalue weighted by molar-refractivity contribution is -0.384. The van der Waals surface area contributed by atoms with Gasteiger partial charge in [0.15, 0.2) is 0 Å². The quantitative estimate of drug-likeness (QED) is 0.496.